The van der Waals surface area contributed by atoms with E-state index >= 15 is 0 Å². The Morgan fingerprint density at radius 2 is 2.14 bits per heavy atom. The van der Waals surface area contributed by atoms with Gasteiger partial charge in [0, 0.05) is 32.4 Å². The first-order valence-corrected chi connectivity index (χ1v) is 6.73. The molecule has 0 atom stereocenters. The van der Waals surface area contributed by atoms with Crippen molar-refractivity contribution in [1.29, 1.82) is 0 Å². The smallest absolute Gasteiger partial charge is 0.249 e. The zero-order valence-corrected chi connectivity index (χ0v) is 12.8. The summed E-state index contributed by atoms with van der Waals surface area (Å²) < 4.78 is 2.03. The SMILES string of the molecule is Cc1c(NCc2cnc(N(C)C)n2C)cccc1C(N)=O. The minimum absolute atomic E-state index is 0.411. The Morgan fingerprint density at radius 1 is 1.43 bits per heavy atom. The maximum atomic E-state index is 11.4. The highest BCUT2D eigenvalue weighted by Crippen LogP contribution is 2.20. The number of nitrogens with zero attached hydrogens (tertiary/aromatic N) is 3. The molecule has 0 saturated heterocycles. The Hall–Kier alpha value is -2.50. The average molecular weight is 287 g/mol. The van der Waals surface area contributed by atoms with Crippen molar-refractivity contribution >= 4 is 17.5 Å². The van der Waals surface area contributed by atoms with Crippen molar-refractivity contribution in [2.24, 2.45) is 12.8 Å². The third kappa shape index (κ3) is 2.99. The summed E-state index contributed by atoms with van der Waals surface area (Å²) >= 11 is 0. The number of primary amides is 1. The first-order chi connectivity index (χ1) is 9.91. The minimum atomic E-state index is -0.411. The summed E-state index contributed by atoms with van der Waals surface area (Å²) in [5.74, 6) is 0.487. The van der Waals surface area contributed by atoms with Gasteiger partial charge < -0.3 is 20.5 Å². The van der Waals surface area contributed by atoms with E-state index in [4.69, 9.17) is 5.73 Å². The number of amides is 1. The summed E-state index contributed by atoms with van der Waals surface area (Å²) in [6.07, 6.45) is 1.84. The van der Waals surface area contributed by atoms with E-state index in [0.29, 0.717) is 12.1 Å². The van der Waals surface area contributed by atoms with Gasteiger partial charge in [0.2, 0.25) is 11.9 Å². The molecule has 112 valence electrons. The van der Waals surface area contributed by atoms with Crippen molar-refractivity contribution in [3.63, 3.8) is 0 Å². The van der Waals surface area contributed by atoms with Crippen molar-refractivity contribution < 1.29 is 4.79 Å². The van der Waals surface area contributed by atoms with Crippen LogP contribution >= 0.6 is 0 Å². The van der Waals surface area contributed by atoms with E-state index in [1.807, 2.05) is 55.9 Å². The van der Waals surface area contributed by atoms with Gasteiger partial charge >= 0.3 is 0 Å². The maximum absolute atomic E-state index is 11.4. The first kappa shape index (κ1) is 14.9. The first-order valence-electron chi connectivity index (χ1n) is 6.73. The number of imidazole rings is 1. The molecule has 3 N–H and O–H groups in total. The number of benzene rings is 1. The molecule has 0 spiro atoms. The third-order valence-electron chi connectivity index (χ3n) is 3.52. The van der Waals surface area contributed by atoms with Gasteiger partial charge in [0.1, 0.15) is 0 Å². The lowest BCUT2D eigenvalue weighted by molar-refractivity contribution is 0.1000. The average Bonchev–Trinajstić information content (AvgIpc) is 2.78. The summed E-state index contributed by atoms with van der Waals surface area (Å²) in [5.41, 5.74) is 8.73. The zero-order valence-electron chi connectivity index (χ0n) is 12.8. The molecule has 0 aliphatic rings. The Labute approximate surface area is 124 Å². The van der Waals surface area contributed by atoms with Gasteiger partial charge in [-0.15, -0.1) is 0 Å². The lowest BCUT2D eigenvalue weighted by Crippen LogP contribution is -2.16. The predicted molar refractivity (Wildman–Crippen MR) is 84.6 cm³/mol. The van der Waals surface area contributed by atoms with E-state index in [1.54, 1.807) is 6.07 Å². The Kier molecular flexibility index (Phi) is 4.16. The number of hydrogen-bond donors (Lipinski definition) is 2. The number of nitrogens with one attached hydrogen (secondary N) is 1. The monoisotopic (exact) mass is 287 g/mol. The van der Waals surface area contributed by atoms with Gasteiger partial charge in [0.15, 0.2) is 0 Å². The van der Waals surface area contributed by atoms with Crippen LogP contribution in [0.3, 0.4) is 0 Å². The number of hydrogen-bond acceptors (Lipinski definition) is 4. The highest BCUT2D eigenvalue weighted by molar-refractivity contribution is 5.95. The zero-order chi connectivity index (χ0) is 15.6. The summed E-state index contributed by atoms with van der Waals surface area (Å²) in [7, 11) is 5.89. The van der Waals surface area contributed by atoms with E-state index in [2.05, 4.69) is 10.3 Å². The van der Waals surface area contributed by atoms with Gasteiger partial charge in [-0.1, -0.05) is 6.07 Å². The molecule has 0 aliphatic carbocycles. The van der Waals surface area contributed by atoms with E-state index in [0.717, 1.165) is 22.9 Å². The number of carbonyl (C=O) groups excluding carboxylic acids is 1. The molecular weight excluding hydrogens is 266 g/mol. The molecule has 0 bridgehead atoms. The fourth-order valence-electron chi connectivity index (χ4n) is 2.29. The second kappa shape index (κ2) is 5.87. The van der Waals surface area contributed by atoms with Crippen LogP contribution in [0.5, 0.6) is 0 Å². The lowest BCUT2D eigenvalue weighted by Gasteiger charge is -2.14. The van der Waals surface area contributed by atoms with E-state index < -0.39 is 5.91 Å². The van der Waals surface area contributed by atoms with Crippen LogP contribution in [-0.2, 0) is 13.6 Å². The topological polar surface area (TPSA) is 76.2 Å². The van der Waals surface area contributed by atoms with Crippen molar-refractivity contribution in [2.45, 2.75) is 13.5 Å². The molecule has 1 amide bonds. The van der Waals surface area contributed by atoms with Crippen LogP contribution in [0.2, 0.25) is 0 Å². The van der Waals surface area contributed by atoms with Crippen LogP contribution < -0.4 is 16.0 Å². The molecule has 6 heteroatoms. The van der Waals surface area contributed by atoms with Crippen LogP contribution in [0.4, 0.5) is 11.6 Å². The molecule has 1 heterocycles. The van der Waals surface area contributed by atoms with Gasteiger partial charge in [0.05, 0.1) is 18.4 Å². The summed E-state index contributed by atoms with van der Waals surface area (Å²) in [5, 5.41) is 3.33. The molecular formula is C15H21N5O. The molecule has 2 rings (SSSR count). The molecule has 1 aromatic heterocycles. The van der Waals surface area contributed by atoms with Gasteiger partial charge in [-0.25, -0.2) is 4.98 Å². The van der Waals surface area contributed by atoms with Crippen LogP contribution in [0.25, 0.3) is 0 Å². The summed E-state index contributed by atoms with van der Waals surface area (Å²) in [6, 6.07) is 5.49. The van der Waals surface area contributed by atoms with Crippen LogP contribution in [-0.4, -0.2) is 29.6 Å². The van der Waals surface area contributed by atoms with E-state index in [-0.39, 0.29) is 0 Å². The fourth-order valence-corrected chi connectivity index (χ4v) is 2.29. The van der Waals surface area contributed by atoms with Crippen molar-refractivity contribution in [3.05, 3.63) is 41.2 Å². The highest BCUT2D eigenvalue weighted by Gasteiger charge is 2.10. The third-order valence-corrected chi connectivity index (χ3v) is 3.52. The largest absolute Gasteiger partial charge is 0.379 e. The molecule has 0 fully saturated rings. The van der Waals surface area contributed by atoms with Gasteiger partial charge in [0.25, 0.3) is 0 Å². The Balaban J connectivity index is 2.17. The Bertz CT molecular complexity index is 660. The number of aromatic nitrogens is 2. The standard InChI is InChI=1S/C15H21N5O/c1-10-12(14(16)21)6-5-7-13(10)17-8-11-9-18-15(19(2)3)20(11)4/h5-7,9,17H,8H2,1-4H3,(H2,16,21). The van der Waals surface area contributed by atoms with Crippen LogP contribution in [0, 0.1) is 6.92 Å². The van der Waals surface area contributed by atoms with E-state index in [1.165, 1.54) is 0 Å². The minimum Gasteiger partial charge on any atom is -0.379 e. The number of carbonyl (C=O) groups is 1. The molecule has 1 aromatic carbocycles. The summed E-state index contributed by atoms with van der Waals surface area (Å²) in [6.45, 7) is 2.51. The molecule has 2 aromatic rings. The molecule has 0 saturated carbocycles. The van der Waals surface area contributed by atoms with Gasteiger partial charge in [-0.2, -0.15) is 0 Å². The van der Waals surface area contributed by atoms with E-state index in [9.17, 15) is 4.79 Å². The van der Waals surface area contributed by atoms with Crippen LogP contribution in [0.15, 0.2) is 24.4 Å². The number of rotatable bonds is 5. The lowest BCUT2D eigenvalue weighted by atomic mass is 10.1. The fraction of sp³-hybridized carbons (Fsp3) is 0.333. The number of nitrogens with two attached hydrogens (primary N) is 1. The molecule has 21 heavy (non-hydrogen) atoms. The molecule has 0 unspecified atom stereocenters. The van der Waals surface area contributed by atoms with Crippen molar-refractivity contribution in [2.75, 3.05) is 24.3 Å². The highest BCUT2D eigenvalue weighted by atomic mass is 16.1. The van der Waals surface area contributed by atoms with Crippen molar-refractivity contribution in [3.8, 4) is 0 Å². The number of anilines is 2. The normalized spacial score (nSPS) is 10.5. The van der Waals surface area contributed by atoms with Crippen molar-refractivity contribution in [1.82, 2.24) is 9.55 Å². The Morgan fingerprint density at radius 3 is 2.71 bits per heavy atom. The molecule has 0 aliphatic heterocycles. The van der Waals surface area contributed by atoms with Crippen LogP contribution in [0.1, 0.15) is 21.6 Å². The quantitative estimate of drug-likeness (QED) is 0.874. The summed E-state index contributed by atoms with van der Waals surface area (Å²) in [4.78, 5) is 17.7. The van der Waals surface area contributed by atoms with Gasteiger partial charge in [-0.3, -0.25) is 4.79 Å². The second-order valence-corrected chi connectivity index (χ2v) is 5.20. The molecule has 6 nitrogen and oxygen atoms in total. The van der Waals surface area contributed by atoms with Gasteiger partial charge in [-0.05, 0) is 24.6 Å². The molecule has 0 radical (unpaired) electrons. The second-order valence-electron chi connectivity index (χ2n) is 5.20. The predicted octanol–water partition coefficient (Wildman–Crippen LogP) is 1.51. The maximum Gasteiger partial charge on any atom is 0.249 e.